The van der Waals surface area contributed by atoms with Crippen molar-refractivity contribution >= 4 is 38.4 Å². The molecule has 0 aliphatic rings. The van der Waals surface area contributed by atoms with Crippen molar-refractivity contribution in [1.82, 2.24) is 10.2 Å². The van der Waals surface area contributed by atoms with Crippen LogP contribution in [0, 0.1) is 0 Å². The maximum atomic E-state index is 5.78. The molecular formula is C10H10BrClN2O. The Morgan fingerprint density at radius 1 is 1.60 bits per heavy atom. The summed E-state index contributed by atoms with van der Waals surface area (Å²) in [5.41, 5.74) is 2.13. The van der Waals surface area contributed by atoms with Crippen LogP contribution >= 0.6 is 27.5 Å². The zero-order valence-electron chi connectivity index (χ0n) is 8.18. The highest BCUT2D eigenvalue weighted by molar-refractivity contribution is 9.10. The van der Waals surface area contributed by atoms with E-state index in [1.54, 1.807) is 13.3 Å². The molecule has 0 aliphatic carbocycles. The quantitative estimate of drug-likeness (QED) is 0.882. The fourth-order valence-corrected chi connectivity index (χ4v) is 2.45. The van der Waals surface area contributed by atoms with E-state index in [0.717, 1.165) is 33.1 Å². The molecule has 0 amide bonds. The van der Waals surface area contributed by atoms with Gasteiger partial charge >= 0.3 is 0 Å². The number of aromatic nitrogens is 2. The minimum atomic E-state index is 0.569. The summed E-state index contributed by atoms with van der Waals surface area (Å²) >= 11 is 9.29. The van der Waals surface area contributed by atoms with Gasteiger partial charge in [0.2, 0.25) is 0 Å². The molecule has 5 heteroatoms. The Labute approximate surface area is 101 Å². The standard InChI is InChI=1S/C10H10BrClN2O/c1-15-8-4-6-5-13-14-10(6)7(2-3-12)9(8)11/h4-5H,2-3H2,1H3,(H,13,14). The van der Waals surface area contributed by atoms with Gasteiger partial charge in [0.05, 0.1) is 23.3 Å². The highest BCUT2D eigenvalue weighted by Gasteiger charge is 2.12. The number of fused-ring (bicyclic) bond motifs is 1. The number of hydrogen-bond acceptors (Lipinski definition) is 2. The van der Waals surface area contributed by atoms with Gasteiger partial charge in [-0.15, -0.1) is 11.6 Å². The Kier molecular flexibility index (Phi) is 3.17. The number of hydrogen-bond donors (Lipinski definition) is 1. The number of aromatic amines is 1. The van der Waals surface area contributed by atoms with Gasteiger partial charge in [-0.05, 0) is 34.0 Å². The predicted molar refractivity (Wildman–Crippen MR) is 64.8 cm³/mol. The first kappa shape index (κ1) is 10.8. The van der Waals surface area contributed by atoms with E-state index in [4.69, 9.17) is 16.3 Å². The summed E-state index contributed by atoms with van der Waals surface area (Å²) in [6.07, 6.45) is 2.56. The highest BCUT2D eigenvalue weighted by atomic mass is 79.9. The van der Waals surface area contributed by atoms with Crippen molar-refractivity contribution in [2.75, 3.05) is 13.0 Å². The summed E-state index contributed by atoms with van der Waals surface area (Å²) in [5.74, 6) is 1.38. The van der Waals surface area contributed by atoms with Crippen LogP contribution in [-0.4, -0.2) is 23.2 Å². The van der Waals surface area contributed by atoms with Crippen molar-refractivity contribution in [1.29, 1.82) is 0 Å². The maximum Gasteiger partial charge on any atom is 0.134 e. The monoisotopic (exact) mass is 288 g/mol. The minimum absolute atomic E-state index is 0.569. The van der Waals surface area contributed by atoms with Gasteiger partial charge in [-0.3, -0.25) is 5.10 Å². The predicted octanol–water partition coefficient (Wildman–Crippen LogP) is 3.12. The number of methoxy groups -OCH3 is 1. The van der Waals surface area contributed by atoms with E-state index in [0.29, 0.717) is 5.88 Å². The third kappa shape index (κ3) is 1.84. The van der Waals surface area contributed by atoms with Crippen molar-refractivity contribution < 1.29 is 4.74 Å². The normalized spacial score (nSPS) is 10.9. The third-order valence-electron chi connectivity index (χ3n) is 2.30. The van der Waals surface area contributed by atoms with Gasteiger partial charge in [-0.1, -0.05) is 0 Å². The van der Waals surface area contributed by atoms with Crippen LogP contribution in [0.4, 0.5) is 0 Å². The zero-order chi connectivity index (χ0) is 10.8. The SMILES string of the molecule is COc1cc2cn[nH]c2c(CCCl)c1Br. The van der Waals surface area contributed by atoms with Crippen LogP contribution in [0.3, 0.4) is 0 Å². The molecule has 1 heterocycles. The molecule has 0 unspecified atom stereocenters. The van der Waals surface area contributed by atoms with Gasteiger partial charge < -0.3 is 4.74 Å². The van der Waals surface area contributed by atoms with Gasteiger partial charge in [-0.2, -0.15) is 5.10 Å². The minimum Gasteiger partial charge on any atom is -0.496 e. The summed E-state index contributed by atoms with van der Waals surface area (Å²) in [4.78, 5) is 0. The van der Waals surface area contributed by atoms with Crippen LogP contribution in [0.2, 0.25) is 0 Å². The van der Waals surface area contributed by atoms with Crippen molar-refractivity contribution in [3.8, 4) is 5.75 Å². The van der Waals surface area contributed by atoms with Crippen molar-refractivity contribution in [2.45, 2.75) is 6.42 Å². The number of aryl methyl sites for hydroxylation is 1. The number of nitrogens with zero attached hydrogens (tertiary/aromatic N) is 1. The molecule has 0 fully saturated rings. The van der Waals surface area contributed by atoms with E-state index in [1.807, 2.05) is 6.07 Å². The van der Waals surface area contributed by atoms with Gasteiger partial charge in [-0.25, -0.2) is 0 Å². The molecule has 0 aliphatic heterocycles. The second-order valence-electron chi connectivity index (χ2n) is 3.14. The molecule has 0 saturated carbocycles. The Balaban J connectivity index is 2.70. The number of H-pyrrole nitrogens is 1. The fraction of sp³-hybridized carbons (Fsp3) is 0.300. The molecule has 3 nitrogen and oxygen atoms in total. The summed E-state index contributed by atoms with van der Waals surface area (Å²) in [6.45, 7) is 0. The number of nitrogens with one attached hydrogen (secondary N) is 1. The van der Waals surface area contributed by atoms with E-state index in [-0.39, 0.29) is 0 Å². The van der Waals surface area contributed by atoms with Crippen molar-refractivity contribution in [2.24, 2.45) is 0 Å². The lowest BCUT2D eigenvalue weighted by atomic mass is 10.1. The van der Waals surface area contributed by atoms with E-state index in [1.165, 1.54) is 0 Å². The van der Waals surface area contributed by atoms with Crippen LogP contribution in [0.15, 0.2) is 16.7 Å². The Hall–Kier alpha value is -0.740. The fourth-order valence-electron chi connectivity index (χ4n) is 1.59. The smallest absolute Gasteiger partial charge is 0.134 e. The van der Waals surface area contributed by atoms with E-state index in [9.17, 15) is 0 Å². The second kappa shape index (κ2) is 4.41. The average Bonchev–Trinajstić information content (AvgIpc) is 2.69. The summed E-state index contributed by atoms with van der Waals surface area (Å²) in [5, 5.41) is 8.02. The molecule has 0 atom stereocenters. The first-order valence-electron chi connectivity index (χ1n) is 4.52. The molecule has 0 radical (unpaired) electrons. The number of ether oxygens (including phenoxy) is 1. The molecule has 2 rings (SSSR count). The lowest BCUT2D eigenvalue weighted by Crippen LogP contribution is -1.94. The average molecular weight is 290 g/mol. The Morgan fingerprint density at radius 2 is 2.40 bits per heavy atom. The Morgan fingerprint density at radius 3 is 3.07 bits per heavy atom. The molecule has 1 N–H and O–H groups in total. The number of rotatable bonds is 3. The lowest BCUT2D eigenvalue weighted by Gasteiger charge is -2.09. The lowest BCUT2D eigenvalue weighted by molar-refractivity contribution is 0.412. The molecular weight excluding hydrogens is 279 g/mol. The van der Waals surface area contributed by atoms with Gasteiger partial charge in [0, 0.05) is 11.3 Å². The molecule has 0 bridgehead atoms. The summed E-state index contributed by atoms with van der Waals surface area (Å²) < 4.78 is 6.22. The van der Waals surface area contributed by atoms with E-state index in [2.05, 4.69) is 26.1 Å². The van der Waals surface area contributed by atoms with Crippen LogP contribution in [0.25, 0.3) is 10.9 Å². The second-order valence-corrected chi connectivity index (χ2v) is 4.32. The highest BCUT2D eigenvalue weighted by Crippen LogP contribution is 2.34. The Bertz CT molecular complexity index is 483. The van der Waals surface area contributed by atoms with Gasteiger partial charge in [0.25, 0.3) is 0 Å². The third-order valence-corrected chi connectivity index (χ3v) is 3.36. The van der Waals surface area contributed by atoms with Crippen molar-refractivity contribution in [3.63, 3.8) is 0 Å². The van der Waals surface area contributed by atoms with Crippen LogP contribution < -0.4 is 4.74 Å². The van der Waals surface area contributed by atoms with Gasteiger partial charge in [0.15, 0.2) is 0 Å². The van der Waals surface area contributed by atoms with E-state index >= 15 is 0 Å². The zero-order valence-corrected chi connectivity index (χ0v) is 10.5. The maximum absolute atomic E-state index is 5.78. The van der Waals surface area contributed by atoms with Crippen LogP contribution in [0.1, 0.15) is 5.56 Å². The first-order chi connectivity index (χ1) is 7.27. The van der Waals surface area contributed by atoms with E-state index < -0.39 is 0 Å². The largest absolute Gasteiger partial charge is 0.496 e. The summed E-state index contributed by atoms with van der Waals surface area (Å²) in [6, 6.07) is 1.95. The first-order valence-corrected chi connectivity index (χ1v) is 5.85. The number of benzene rings is 1. The molecule has 0 saturated heterocycles. The molecule has 2 aromatic rings. The summed E-state index contributed by atoms with van der Waals surface area (Å²) in [7, 11) is 1.65. The van der Waals surface area contributed by atoms with Crippen LogP contribution in [-0.2, 0) is 6.42 Å². The number of halogens is 2. The topological polar surface area (TPSA) is 37.9 Å². The van der Waals surface area contributed by atoms with Crippen molar-refractivity contribution in [3.05, 3.63) is 22.3 Å². The molecule has 0 spiro atoms. The molecule has 15 heavy (non-hydrogen) atoms. The molecule has 80 valence electrons. The molecule has 1 aromatic carbocycles. The van der Waals surface area contributed by atoms with Gasteiger partial charge in [0.1, 0.15) is 5.75 Å². The molecule has 1 aromatic heterocycles. The van der Waals surface area contributed by atoms with Crippen LogP contribution in [0.5, 0.6) is 5.75 Å². The number of alkyl halides is 1.